The first-order valence-electron chi connectivity index (χ1n) is 7.41. The summed E-state index contributed by atoms with van der Waals surface area (Å²) in [6.07, 6.45) is 1.59. The fourth-order valence-electron chi connectivity index (χ4n) is 2.10. The minimum atomic E-state index is -1.11. The third-order valence-corrected chi connectivity index (χ3v) is 3.38. The molecule has 1 aromatic heterocycles. The van der Waals surface area contributed by atoms with E-state index in [2.05, 4.69) is 10.6 Å². The van der Waals surface area contributed by atoms with Crippen molar-refractivity contribution in [3.05, 3.63) is 64.1 Å². The molecule has 25 heavy (non-hydrogen) atoms. The molecular formula is C17H17N3O5. The fraction of sp³-hybridized carbons (Fsp3) is 0.176. The van der Waals surface area contributed by atoms with Crippen molar-refractivity contribution in [2.75, 3.05) is 11.9 Å². The van der Waals surface area contributed by atoms with Gasteiger partial charge in [-0.1, -0.05) is 12.1 Å². The van der Waals surface area contributed by atoms with Crippen molar-refractivity contribution in [2.45, 2.75) is 6.42 Å². The van der Waals surface area contributed by atoms with E-state index in [1.54, 1.807) is 43.6 Å². The van der Waals surface area contributed by atoms with E-state index in [0.717, 1.165) is 0 Å². The van der Waals surface area contributed by atoms with Crippen LogP contribution in [-0.4, -0.2) is 34.0 Å². The molecule has 8 heteroatoms. The molecule has 0 fully saturated rings. The lowest BCUT2D eigenvalue weighted by molar-refractivity contribution is -0.137. The SMILES string of the molecule is Cn1cccc(C(=O)Nc2ccc(CC(=O)NCC(=O)O)cc2)c1=O. The van der Waals surface area contributed by atoms with Crippen LogP contribution in [0.1, 0.15) is 15.9 Å². The predicted molar refractivity (Wildman–Crippen MR) is 90.4 cm³/mol. The molecule has 3 N–H and O–H groups in total. The summed E-state index contributed by atoms with van der Waals surface area (Å²) in [7, 11) is 1.56. The zero-order valence-electron chi connectivity index (χ0n) is 13.5. The molecule has 0 atom stereocenters. The number of hydrogen-bond donors (Lipinski definition) is 3. The molecular weight excluding hydrogens is 326 g/mol. The standard InChI is InChI=1S/C17H17N3O5/c1-20-8-2-3-13(17(20)25)16(24)19-12-6-4-11(5-7-12)9-14(21)18-10-15(22)23/h2-8H,9-10H2,1H3,(H,18,21)(H,19,24)(H,22,23). The number of benzene rings is 1. The molecule has 130 valence electrons. The number of hydrogen-bond acceptors (Lipinski definition) is 4. The molecule has 0 saturated carbocycles. The van der Waals surface area contributed by atoms with Crippen molar-refractivity contribution in [3.8, 4) is 0 Å². The van der Waals surface area contributed by atoms with E-state index in [4.69, 9.17) is 5.11 Å². The van der Waals surface area contributed by atoms with Gasteiger partial charge >= 0.3 is 5.97 Å². The topological polar surface area (TPSA) is 118 Å². The molecule has 2 aromatic rings. The number of pyridine rings is 1. The lowest BCUT2D eigenvalue weighted by Crippen LogP contribution is -2.30. The van der Waals surface area contributed by atoms with Crippen LogP contribution in [0.15, 0.2) is 47.4 Å². The van der Waals surface area contributed by atoms with E-state index in [9.17, 15) is 19.2 Å². The highest BCUT2D eigenvalue weighted by Crippen LogP contribution is 2.11. The molecule has 0 unspecified atom stereocenters. The van der Waals surface area contributed by atoms with Crippen LogP contribution in [0.2, 0.25) is 0 Å². The van der Waals surface area contributed by atoms with Crippen LogP contribution in [0, 0.1) is 0 Å². The molecule has 0 aliphatic rings. The monoisotopic (exact) mass is 343 g/mol. The summed E-state index contributed by atoms with van der Waals surface area (Å²) < 4.78 is 1.31. The molecule has 0 aliphatic heterocycles. The van der Waals surface area contributed by atoms with E-state index in [-0.39, 0.29) is 12.0 Å². The van der Waals surface area contributed by atoms with E-state index in [0.29, 0.717) is 11.3 Å². The normalized spacial score (nSPS) is 10.1. The summed E-state index contributed by atoms with van der Waals surface area (Å²) in [5.41, 5.74) is 0.774. The summed E-state index contributed by atoms with van der Waals surface area (Å²) in [5.74, 6) is -2.04. The van der Waals surface area contributed by atoms with Gasteiger partial charge in [0.05, 0.1) is 6.42 Å². The second kappa shape index (κ2) is 7.91. The predicted octanol–water partition coefficient (Wildman–Crippen LogP) is 0.381. The molecule has 1 aromatic carbocycles. The van der Waals surface area contributed by atoms with Crippen LogP contribution >= 0.6 is 0 Å². The molecule has 2 amide bonds. The number of carboxylic acids is 1. The Morgan fingerprint density at radius 1 is 1.12 bits per heavy atom. The van der Waals surface area contributed by atoms with Crippen LogP contribution in [0.4, 0.5) is 5.69 Å². The molecule has 0 aliphatic carbocycles. The molecule has 8 nitrogen and oxygen atoms in total. The molecule has 0 saturated heterocycles. The number of aryl methyl sites for hydroxylation is 1. The second-order valence-corrected chi connectivity index (χ2v) is 5.34. The Morgan fingerprint density at radius 2 is 1.80 bits per heavy atom. The quantitative estimate of drug-likeness (QED) is 0.701. The maximum Gasteiger partial charge on any atom is 0.322 e. The summed E-state index contributed by atoms with van der Waals surface area (Å²) in [6.45, 7) is -0.432. The Hall–Kier alpha value is -3.42. The summed E-state index contributed by atoms with van der Waals surface area (Å²) >= 11 is 0. The van der Waals surface area contributed by atoms with Crippen LogP contribution < -0.4 is 16.2 Å². The van der Waals surface area contributed by atoms with Gasteiger partial charge in [0.25, 0.3) is 11.5 Å². The van der Waals surface area contributed by atoms with Gasteiger partial charge in [-0.15, -0.1) is 0 Å². The second-order valence-electron chi connectivity index (χ2n) is 5.34. The third-order valence-electron chi connectivity index (χ3n) is 3.38. The highest BCUT2D eigenvalue weighted by Gasteiger charge is 2.11. The van der Waals surface area contributed by atoms with Crippen LogP contribution in [0.25, 0.3) is 0 Å². The highest BCUT2D eigenvalue weighted by molar-refractivity contribution is 6.04. The maximum absolute atomic E-state index is 12.2. The van der Waals surface area contributed by atoms with E-state index in [1.807, 2.05) is 0 Å². The summed E-state index contributed by atoms with van der Waals surface area (Å²) in [4.78, 5) is 46.0. The summed E-state index contributed by atoms with van der Waals surface area (Å²) in [6, 6.07) is 9.53. The van der Waals surface area contributed by atoms with Gasteiger partial charge < -0.3 is 20.3 Å². The lowest BCUT2D eigenvalue weighted by Gasteiger charge is -2.07. The minimum absolute atomic E-state index is 0.0285. The minimum Gasteiger partial charge on any atom is -0.480 e. The van der Waals surface area contributed by atoms with Crippen molar-refractivity contribution < 1.29 is 19.5 Å². The van der Waals surface area contributed by atoms with Gasteiger partial charge in [-0.05, 0) is 29.8 Å². The van der Waals surface area contributed by atoms with E-state index < -0.39 is 29.9 Å². The number of nitrogens with zero attached hydrogens (tertiary/aromatic N) is 1. The number of aromatic nitrogens is 1. The van der Waals surface area contributed by atoms with Gasteiger partial charge in [-0.2, -0.15) is 0 Å². The summed E-state index contributed by atoms with van der Waals surface area (Å²) in [5, 5.41) is 13.4. The van der Waals surface area contributed by atoms with Gasteiger partial charge in [0.2, 0.25) is 5.91 Å². The fourth-order valence-corrected chi connectivity index (χ4v) is 2.10. The number of aliphatic carboxylic acids is 1. The molecule has 1 heterocycles. The number of anilines is 1. The number of carboxylic acid groups (broad SMARTS) is 1. The maximum atomic E-state index is 12.2. The van der Waals surface area contributed by atoms with Gasteiger partial charge in [0, 0.05) is 18.9 Å². The van der Waals surface area contributed by atoms with Crippen molar-refractivity contribution in [2.24, 2.45) is 7.05 Å². The number of nitrogens with one attached hydrogen (secondary N) is 2. The van der Waals surface area contributed by atoms with Gasteiger partial charge in [0.15, 0.2) is 0 Å². The third kappa shape index (κ3) is 5.03. The van der Waals surface area contributed by atoms with E-state index in [1.165, 1.54) is 10.6 Å². The first kappa shape index (κ1) is 17.9. The Kier molecular flexibility index (Phi) is 5.67. The number of amides is 2. The molecule has 0 spiro atoms. The van der Waals surface area contributed by atoms with E-state index >= 15 is 0 Å². The zero-order valence-corrected chi connectivity index (χ0v) is 13.5. The molecule has 0 bridgehead atoms. The smallest absolute Gasteiger partial charge is 0.322 e. The average molecular weight is 343 g/mol. The Bertz CT molecular complexity index is 855. The highest BCUT2D eigenvalue weighted by atomic mass is 16.4. The molecule has 0 radical (unpaired) electrons. The largest absolute Gasteiger partial charge is 0.480 e. The van der Waals surface area contributed by atoms with Crippen LogP contribution in [-0.2, 0) is 23.1 Å². The van der Waals surface area contributed by atoms with Crippen LogP contribution in [0.3, 0.4) is 0 Å². The average Bonchev–Trinajstić information content (AvgIpc) is 2.57. The van der Waals surface area contributed by atoms with Gasteiger partial charge in [-0.25, -0.2) is 0 Å². The Labute approximate surface area is 143 Å². The van der Waals surface area contributed by atoms with Gasteiger partial charge in [0.1, 0.15) is 12.1 Å². The van der Waals surface area contributed by atoms with Crippen molar-refractivity contribution >= 4 is 23.5 Å². The lowest BCUT2D eigenvalue weighted by atomic mass is 10.1. The van der Waals surface area contributed by atoms with Gasteiger partial charge in [-0.3, -0.25) is 19.2 Å². The Balaban J connectivity index is 1.99. The number of carbonyl (C=O) groups is 3. The first-order chi connectivity index (χ1) is 11.9. The first-order valence-corrected chi connectivity index (χ1v) is 7.41. The van der Waals surface area contributed by atoms with Crippen LogP contribution in [0.5, 0.6) is 0 Å². The number of rotatable bonds is 6. The van der Waals surface area contributed by atoms with Crippen molar-refractivity contribution in [1.82, 2.24) is 9.88 Å². The zero-order chi connectivity index (χ0) is 18.4. The van der Waals surface area contributed by atoms with Crippen molar-refractivity contribution in [3.63, 3.8) is 0 Å². The van der Waals surface area contributed by atoms with Crippen molar-refractivity contribution in [1.29, 1.82) is 0 Å². The number of carbonyl (C=O) groups excluding carboxylic acids is 2. The Morgan fingerprint density at radius 3 is 2.44 bits per heavy atom. The molecule has 2 rings (SSSR count).